The maximum Gasteiger partial charge on any atom is 1.00 e. The largest absolute Gasteiger partial charge is 1.00 e. The van der Waals surface area contributed by atoms with Gasteiger partial charge in [-0.25, -0.2) is 8.42 Å². The van der Waals surface area contributed by atoms with E-state index in [9.17, 15) is 13.0 Å². The topological polar surface area (TPSA) is 57.2 Å². The van der Waals surface area contributed by atoms with Crippen molar-refractivity contribution in [2.24, 2.45) is 0 Å². The van der Waals surface area contributed by atoms with Gasteiger partial charge in [0.15, 0.2) is 0 Å². The third-order valence-electron chi connectivity index (χ3n) is 0.134. The van der Waals surface area contributed by atoms with Crippen molar-refractivity contribution in [2.45, 2.75) is 0 Å². The first-order valence-corrected chi connectivity index (χ1v) is 3.17. The van der Waals surface area contributed by atoms with Crippen LogP contribution in [-0.2, 0) is 10.1 Å². The van der Waals surface area contributed by atoms with Crippen molar-refractivity contribution in [3.05, 3.63) is 0 Å². The average Bonchev–Trinajstić information content (AvgIpc) is 1.35. The molecule has 3 nitrogen and oxygen atoms in total. The van der Waals surface area contributed by atoms with Crippen LogP contribution in [0.4, 0.5) is 0 Å². The Labute approximate surface area is 89.6 Å². The fraction of sp³-hybridized carbons (Fsp3) is 1.00. The Hall–Kier alpha value is 1.84. The zero-order chi connectivity index (χ0) is 5.21. The van der Waals surface area contributed by atoms with Crippen molar-refractivity contribution in [1.82, 2.24) is 0 Å². The first-order valence-electron chi connectivity index (χ1n) is 1.06. The van der Waals surface area contributed by atoms with Gasteiger partial charge in [0.05, 0.1) is 0 Å². The molecule has 6 heteroatoms. The minimum Gasteiger partial charge on any atom is -0.747 e. The number of alkyl halides is 1. The smallest absolute Gasteiger partial charge is 0.747 e. The van der Waals surface area contributed by atoms with Gasteiger partial charge in [0.2, 0.25) is 0 Å². The van der Waals surface area contributed by atoms with Gasteiger partial charge >= 0.3 is 51.4 Å². The molecule has 0 spiro atoms. The summed E-state index contributed by atoms with van der Waals surface area (Å²) in [5.41, 5.74) is 0. The summed E-state index contributed by atoms with van der Waals surface area (Å²) in [6.45, 7) is 0. The van der Waals surface area contributed by atoms with E-state index in [1.54, 1.807) is 0 Å². The quantitative estimate of drug-likeness (QED) is 0.235. The molecule has 0 N–H and O–H groups in total. The molecule has 0 saturated carbocycles. The maximum absolute atomic E-state index is 9.31. The molecule has 0 heterocycles. The second-order valence-corrected chi connectivity index (χ2v) is 2.66. The van der Waals surface area contributed by atoms with E-state index in [1.807, 2.05) is 0 Å². The van der Waals surface area contributed by atoms with Gasteiger partial charge in [-0.15, -0.1) is 11.6 Å². The molecule has 0 atom stereocenters. The summed E-state index contributed by atoms with van der Waals surface area (Å²) in [4.78, 5) is 0. The van der Waals surface area contributed by atoms with E-state index in [-0.39, 0.29) is 51.4 Å². The second-order valence-electron chi connectivity index (χ2n) is 0.667. The predicted molar refractivity (Wildman–Crippen MR) is 20.4 cm³/mol. The molecule has 0 aromatic heterocycles. The minimum absolute atomic E-state index is 0. The van der Waals surface area contributed by atoms with Crippen LogP contribution in [0.1, 0.15) is 0 Å². The summed E-state index contributed by atoms with van der Waals surface area (Å²) < 4.78 is 27.9. The number of rotatable bonds is 1. The SMILES string of the molecule is O=S(=O)([O-])CCl.[K+]. The Balaban J connectivity index is 0. The van der Waals surface area contributed by atoms with E-state index in [0.29, 0.717) is 0 Å². The Kier molecular flexibility index (Phi) is 7.78. The van der Waals surface area contributed by atoms with Crippen molar-refractivity contribution in [2.75, 3.05) is 5.21 Å². The standard InChI is InChI=1S/CH3ClO3S.K/c2-1-6(3,4)5;/h1H2,(H,3,4,5);/q;+1/p-1. The molecule has 0 fully saturated rings. The number of hydrogen-bond acceptors (Lipinski definition) is 3. The third-order valence-corrected chi connectivity index (χ3v) is 1.20. The van der Waals surface area contributed by atoms with Crippen molar-refractivity contribution >= 4 is 21.7 Å². The van der Waals surface area contributed by atoms with Crippen LogP contribution >= 0.6 is 11.6 Å². The molecule has 0 aliphatic heterocycles. The van der Waals surface area contributed by atoms with E-state index in [2.05, 4.69) is 11.6 Å². The average molecular weight is 169 g/mol. The van der Waals surface area contributed by atoms with Crippen LogP contribution in [0.3, 0.4) is 0 Å². The van der Waals surface area contributed by atoms with Gasteiger partial charge in [-0.1, -0.05) is 0 Å². The van der Waals surface area contributed by atoms with Gasteiger partial charge in [0.25, 0.3) is 0 Å². The Morgan fingerprint density at radius 1 is 1.57 bits per heavy atom. The maximum atomic E-state index is 9.31. The fourth-order valence-electron chi connectivity index (χ4n) is 0. The van der Waals surface area contributed by atoms with Crippen LogP contribution in [0.5, 0.6) is 0 Å². The van der Waals surface area contributed by atoms with E-state index in [4.69, 9.17) is 0 Å². The molecule has 7 heavy (non-hydrogen) atoms. The summed E-state index contributed by atoms with van der Waals surface area (Å²) in [5.74, 6) is 0. The molecule has 0 aromatic rings. The van der Waals surface area contributed by atoms with Crippen LogP contribution in [0.25, 0.3) is 0 Å². The molecule has 38 valence electrons. The molecule has 0 aromatic carbocycles. The van der Waals surface area contributed by atoms with Gasteiger partial charge in [0.1, 0.15) is 15.3 Å². The summed E-state index contributed by atoms with van der Waals surface area (Å²) in [5, 5.41) is -0.840. The zero-order valence-electron chi connectivity index (χ0n) is 3.72. The number of hydrogen-bond donors (Lipinski definition) is 0. The van der Waals surface area contributed by atoms with Crippen LogP contribution in [0.15, 0.2) is 0 Å². The fourth-order valence-corrected chi connectivity index (χ4v) is 0. The van der Waals surface area contributed by atoms with E-state index < -0.39 is 15.3 Å². The van der Waals surface area contributed by atoms with E-state index >= 15 is 0 Å². The predicted octanol–water partition coefficient (Wildman–Crippen LogP) is -3.27. The van der Waals surface area contributed by atoms with E-state index in [0.717, 1.165) is 0 Å². The molecule has 0 bridgehead atoms. The first-order chi connectivity index (χ1) is 2.56. The minimum atomic E-state index is -4.15. The molecule has 0 amide bonds. The van der Waals surface area contributed by atoms with Crippen molar-refractivity contribution < 1.29 is 64.4 Å². The molecule has 0 unspecified atom stereocenters. The van der Waals surface area contributed by atoms with Gasteiger partial charge in [0, 0.05) is 0 Å². The molecular formula is CH2ClKO3S. The Bertz CT molecular complexity index is 117. The Morgan fingerprint density at radius 2 is 1.71 bits per heavy atom. The van der Waals surface area contributed by atoms with Gasteiger partial charge < -0.3 is 4.55 Å². The van der Waals surface area contributed by atoms with Crippen LogP contribution in [0, 0.1) is 0 Å². The summed E-state index contributed by atoms with van der Waals surface area (Å²) >= 11 is 4.58. The number of halogens is 1. The molecule has 0 radical (unpaired) electrons. The molecule has 0 rings (SSSR count). The molecule has 0 saturated heterocycles. The summed E-state index contributed by atoms with van der Waals surface area (Å²) in [6, 6.07) is 0. The molecule has 0 aliphatic carbocycles. The van der Waals surface area contributed by atoms with Crippen molar-refractivity contribution in [3.8, 4) is 0 Å². The summed E-state index contributed by atoms with van der Waals surface area (Å²) in [6.07, 6.45) is 0. The second kappa shape index (κ2) is 4.69. The van der Waals surface area contributed by atoms with Gasteiger partial charge in [-0.05, 0) is 0 Å². The van der Waals surface area contributed by atoms with Crippen molar-refractivity contribution in [1.29, 1.82) is 0 Å². The van der Waals surface area contributed by atoms with Crippen LogP contribution in [-0.4, -0.2) is 18.2 Å². The Morgan fingerprint density at radius 3 is 1.71 bits per heavy atom. The van der Waals surface area contributed by atoms with Crippen molar-refractivity contribution in [3.63, 3.8) is 0 Å². The van der Waals surface area contributed by atoms with Gasteiger partial charge in [-0.2, -0.15) is 0 Å². The van der Waals surface area contributed by atoms with Crippen LogP contribution in [0.2, 0.25) is 0 Å². The molecular weight excluding hydrogens is 167 g/mol. The molecule has 0 aliphatic rings. The first kappa shape index (κ1) is 11.6. The third kappa shape index (κ3) is 11.4. The van der Waals surface area contributed by atoms with Gasteiger partial charge in [-0.3, -0.25) is 0 Å². The monoisotopic (exact) mass is 168 g/mol. The zero-order valence-corrected chi connectivity index (χ0v) is 8.41. The normalized spacial score (nSPS) is 10.0. The van der Waals surface area contributed by atoms with Crippen LogP contribution < -0.4 is 51.4 Å². The van der Waals surface area contributed by atoms with E-state index in [1.165, 1.54) is 0 Å². The summed E-state index contributed by atoms with van der Waals surface area (Å²) in [7, 11) is -4.15.